The molecular weight excluding hydrogens is 495 g/mol. The van der Waals surface area contributed by atoms with Crippen molar-refractivity contribution in [1.29, 1.82) is 0 Å². The number of amides is 1. The molecule has 1 heterocycles. The normalized spacial score (nSPS) is 12.9. The second-order valence-corrected chi connectivity index (χ2v) is 6.69. The van der Waals surface area contributed by atoms with Crippen LogP contribution in [0.5, 0.6) is 11.5 Å². The van der Waals surface area contributed by atoms with Crippen LogP contribution >= 0.6 is 24.0 Å². The Labute approximate surface area is 194 Å². The molecule has 8 heteroatoms. The van der Waals surface area contributed by atoms with Crippen LogP contribution in [-0.2, 0) is 17.8 Å². The van der Waals surface area contributed by atoms with Crippen LogP contribution < -0.4 is 25.4 Å². The van der Waals surface area contributed by atoms with E-state index in [2.05, 4.69) is 20.9 Å². The van der Waals surface area contributed by atoms with E-state index in [0.29, 0.717) is 26.1 Å². The van der Waals surface area contributed by atoms with E-state index in [-0.39, 0.29) is 29.9 Å². The molecule has 3 N–H and O–H groups in total. The lowest BCUT2D eigenvalue weighted by Crippen LogP contribution is -2.39. The number of hydrogen-bond acceptors (Lipinski definition) is 4. The van der Waals surface area contributed by atoms with Crippen LogP contribution in [0.15, 0.2) is 47.5 Å². The molecule has 0 spiro atoms. The summed E-state index contributed by atoms with van der Waals surface area (Å²) >= 11 is 0. The first-order valence-electron chi connectivity index (χ1n) is 9.88. The summed E-state index contributed by atoms with van der Waals surface area (Å²) in [4.78, 5) is 16.1. The summed E-state index contributed by atoms with van der Waals surface area (Å²) in [5.41, 5.74) is 3.08. The molecule has 7 nitrogen and oxygen atoms in total. The highest BCUT2D eigenvalue weighted by molar-refractivity contribution is 14.0. The summed E-state index contributed by atoms with van der Waals surface area (Å²) in [6, 6.07) is 13.7. The molecule has 2 aromatic carbocycles. The van der Waals surface area contributed by atoms with Crippen molar-refractivity contribution in [2.75, 3.05) is 32.1 Å². The Balaban J connectivity index is 0.00000320. The number of aryl methyl sites for hydroxylation is 1. The standard InChI is InChI=1S/C22H28N4O3.HI/c1-3-23-22(25-15-16-5-4-6-18(13-16)28-2)24-11-12-29-19-8-9-20-17(14-19)7-10-21(27)26-20;/h4-6,8-9,13-14H,3,7,10-12,15H2,1-2H3,(H,26,27)(H2,23,24,25);1H. The summed E-state index contributed by atoms with van der Waals surface area (Å²) in [5, 5.41) is 9.40. The highest BCUT2D eigenvalue weighted by Gasteiger charge is 2.14. The van der Waals surface area contributed by atoms with Gasteiger partial charge in [-0.3, -0.25) is 4.79 Å². The zero-order valence-corrected chi connectivity index (χ0v) is 19.7. The Morgan fingerprint density at radius 3 is 2.80 bits per heavy atom. The van der Waals surface area contributed by atoms with Gasteiger partial charge < -0.3 is 25.4 Å². The first kappa shape index (κ1) is 23.8. The van der Waals surface area contributed by atoms with Gasteiger partial charge in [-0.1, -0.05) is 12.1 Å². The molecule has 0 atom stereocenters. The van der Waals surface area contributed by atoms with E-state index < -0.39 is 0 Å². The van der Waals surface area contributed by atoms with Crippen molar-refractivity contribution in [3.63, 3.8) is 0 Å². The fraction of sp³-hybridized carbons (Fsp3) is 0.364. The van der Waals surface area contributed by atoms with Crippen molar-refractivity contribution in [3.05, 3.63) is 53.6 Å². The van der Waals surface area contributed by atoms with Crippen molar-refractivity contribution in [3.8, 4) is 11.5 Å². The second kappa shape index (κ2) is 12.3. The minimum absolute atomic E-state index is 0. The van der Waals surface area contributed by atoms with Crippen molar-refractivity contribution < 1.29 is 14.3 Å². The minimum Gasteiger partial charge on any atom is -0.497 e. The van der Waals surface area contributed by atoms with Crippen LogP contribution in [-0.4, -0.2) is 38.7 Å². The molecule has 1 amide bonds. The minimum atomic E-state index is 0. The molecule has 0 bridgehead atoms. The van der Waals surface area contributed by atoms with Crippen molar-refractivity contribution in [2.45, 2.75) is 26.3 Å². The first-order valence-corrected chi connectivity index (χ1v) is 9.88. The third-order valence-electron chi connectivity index (χ3n) is 4.53. The maximum absolute atomic E-state index is 11.4. The number of halogens is 1. The highest BCUT2D eigenvalue weighted by atomic mass is 127. The molecule has 0 radical (unpaired) electrons. The van der Waals surface area contributed by atoms with Gasteiger partial charge in [-0.2, -0.15) is 0 Å². The zero-order chi connectivity index (χ0) is 20.5. The number of rotatable bonds is 8. The van der Waals surface area contributed by atoms with E-state index in [4.69, 9.17) is 9.47 Å². The SMILES string of the molecule is CCNC(=NCc1cccc(OC)c1)NCCOc1ccc2c(c1)CCC(=O)N2.I. The number of guanidine groups is 1. The summed E-state index contributed by atoms with van der Waals surface area (Å²) in [7, 11) is 1.66. The number of benzene rings is 2. The Bertz CT molecular complexity index is 873. The van der Waals surface area contributed by atoms with E-state index in [1.54, 1.807) is 7.11 Å². The maximum Gasteiger partial charge on any atom is 0.224 e. The molecule has 0 saturated carbocycles. The lowest BCUT2D eigenvalue weighted by molar-refractivity contribution is -0.116. The van der Waals surface area contributed by atoms with Gasteiger partial charge in [-0.25, -0.2) is 4.99 Å². The number of nitrogens with zero attached hydrogens (tertiary/aromatic N) is 1. The largest absolute Gasteiger partial charge is 0.497 e. The van der Waals surface area contributed by atoms with Crippen molar-refractivity contribution in [1.82, 2.24) is 10.6 Å². The van der Waals surface area contributed by atoms with E-state index >= 15 is 0 Å². The van der Waals surface area contributed by atoms with Crippen molar-refractivity contribution in [2.24, 2.45) is 4.99 Å². The van der Waals surface area contributed by atoms with Gasteiger partial charge in [0.05, 0.1) is 20.2 Å². The number of aliphatic imine (C=N–C) groups is 1. The lowest BCUT2D eigenvalue weighted by atomic mass is 10.0. The summed E-state index contributed by atoms with van der Waals surface area (Å²) < 4.78 is 11.1. The maximum atomic E-state index is 11.4. The molecule has 3 rings (SSSR count). The number of anilines is 1. The molecule has 2 aromatic rings. The molecule has 0 saturated heterocycles. The zero-order valence-electron chi connectivity index (χ0n) is 17.4. The predicted molar refractivity (Wildman–Crippen MR) is 130 cm³/mol. The number of hydrogen-bond donors (Lipinski definition) is 3. The average Bonchev–Trinajstić information content (AvgIpc) is 2.75. The van der Waals surface area contributed by atoms with Gasteiger partial charge in [0.1, 0.15) is 18.1 Å². The van der Waals surface area contributed by atoms with E-state index in [1.165, 1.54) is 0 Å². The number of methoxy groups -OCH3 is 1. The molecule has 1 aliphatic heterocycles. The van der Waals surface area contributed by atoms with E-state index in [1.807, 2.05) is 49.4 Å². The summed E-state index contributed by atoms with van der Waals surface area (Å²) in [6.07, 6.45) is 1.27. The fourth-order valence-corrected chi connectivity index (χ4v) is 3.07. The van der Waals surface area contributed by atoms with Crippen LogP contribution in [0.2, 0.25) is 0 Å². The van der Waals surface area contributed by atoms with Gasteiger partial charge in [0.2, 0.25) is 5.91 Å². The number of fused-ring (bicyclic) bond motifs is 1. The molecule has 162 valence electrons. The van der Waals surface area contributed by atoms with Crippen LogP contribution in [0, 0.1) is 0 Å². The lowest BCUT2D eigenvalue weighted by Gasteiger charge is -2.18. The average molecular weight is 524 g/mol. The van der Waals surface area contributed by atoms with Crippen LogP contribution in [0.4, 0.5) is 5.69 Å². The number of ether oxygens (including phenoxy) is 2. The third-order valence-corrected chi connectivity index (χ3v) is 4.53. The predicted octanol–water partition coefficient (Wildman–Crippen LogP) is 3.33. The summed E-state index contributed by atoms with van der Waals surface area (Å²) in [5.74, 6) is 2.44. The van der Waals surface area contributed by atoms with Gasteiger partial charge >= 0.3 is 0 Å². The second-order valence-electron chi connectivity index (χ2n) is 6.69. The monoisotopic (exact) mass is 524 g/mol. The molecule has 0 aliphatic carbocycles. The van der Waals surface area contributed by atoms with Gasteiger partial charge in [0.25, 0.3) is 0 Å². The Hall–Kier alpha value is -2.49. The van der Waals surface area contributed by atoms with Crippen LogP contribution in [0.3, 0.4) is 0 Å². The Morgan fingerprint density at radius 1 is 1.13 bits per heavy atom. The third kappa shape index (κ3) is 7.08. The Morgan fingerprint density at radius 2 is 2.00 bits per heavy atom. The number of carbonyl (C=O) groups excluding carboxylic acids is 1. The van der Waals surface area contributed by atoms with Crippen LogP contribution in [0.1, 0.15) is 24.5 Å². The van der Waals surface area contributed by atoms with Crippen LogP contribution in [0.25, 0.3) is 0 Å². The number of carbonyl (C=O) groups is 1. The molecule has 0 unspecified atom stereocenters. The van der Waals surface area contributed by atoms with Gasteiger partial charge in [-0.05, 0) is 54.8 Å². The topological polar surface area (TPSA) is 84.0 Å². The fourth-order valence-electron chi connectivity index (χ4n) is 3.07. The van der Waals surface area contributed by atoms with E-state index in [9.17, 15) is 4.79 Å². The molecule has 30 heavy (non-hydrogen) atoms. The molecule has 1 aliphatic rings. The Kier molecular flexibility index (Phi) is 9.72. The number of nitrogens with one attached hydrogen (secondary N) is 3. The van der Waals surface area contributed by atoms with Crippen molar-refractivity contribution >= 4 is 41.5 Å². The van der Waals surface area contributed by atoms with Gasteiger partial charge in [-0.15, -0.1) is 24.0 Å². The van der Waals surface area contributed by atoms with Gasteiger partial charge in [0.15, 0.2) is 5.96 Å². The quantitative estimate of drug-likeness (QED) is 0.214. The molecule has 0 aromatic heterocycles. The summed E-state index contributed by atoms with van der Waals surface area (Å²) in [6.45, 7) is 4.50. The molecule has 0 fully saturated rings. The van der Waals surface area contributed by atoms with E-state index in [0.717, 1.165) is 47.2 Å². The molecular formula is C22H29IN4O3. The highest BCUT2D eigenvalue weighted by Crippen LogP contribution is 2.26. The van der Waals surface area contributed by atoms with Gasteiger partial charge in [0, 0.05) is 18.7 Å². The smallest absolute Gasteiger partial charge is 0.224 e. The first-order chi connectivity index (χ1) is 14.2.